The van der Waals surface area contributed by atoms with Crippen LogP contribution in [0.5, 0.6) is 0 Å². The fourth-order valence-corrected chi connectivity index (χ4v) is 5.56. The predicted molar refractivity (Wildman–Crippen MR) is 147 cm³/mol. The fraction of sp³-hybridized carbons (Fsp3) is 0.667. The van der Waals surface area contributed by atoms with Gasteiger partial charge in [-0.2, -0.15) is 0 Å². The molecule has 0 aliphatic carbocycles. The van der Waals surface area contributed by atoms with Crippen LogP contribution >= 0.6 is 0 Å². The van der Waals surface area contributed by atoms with Crippen molar-refractivity contribution in [3.05, 3.63) is 36.0 Å². The minimum Gasteiger partial charge on any atom is -0.389 e. The van der Waals surface area contributed by atoms with Gasteiger partial charge in [-0.1, -0.05) is 36.8 Å². The van der Waals surface area contributed by atoms with E-state index in [2.05, 4.69) is 18.3 Å². The monoisotopic (exact) mass is 574 g/mol. The molecule has 0 aromatic carbocycles. The summed E-state index contributed by atoms with van der Waals surface area (Å²) in [6.45, 7) is 8.29. The third-order valence-electron chi connectivity index (χ3n) is 8.00. The average Bonchev–Trinajstić information content (AvgIpc) is 3.57. The Morgan fingerprint density at radius 1 is 1.17 bits per heavy atom. The number of hydroxylamine groups is 2. The number of nitrogens with zero attached hydrogens (tertiary/aromatic N) is 1. The van der Waals surface area contributed by atoms with Crippen molar-refractivity contribution in [2.75, 3.05) is 6.61 Å². The van der Waals surface area contributed by atoms with Gasteiger partial charge in [0.05, 0.1) is 55.2 Å². The van der Waals surface area contributed by atoms with Crippen molar-refractivity contribution < 1.29 is 43.3 Å². The Labute approximate surface area is 240 Å². The summed E-state index contributed by atoms with van der Waals surface area (Å²) in [6.07, 6.45) is 10.2. The Bertz CT molecular complexity index is 1080. The highest BCUT2D eigenvalue weighted by Gasteiger charge is 2.51. The van der Waals surface area contributed by atoms with Crippen LogP contribution in [-0.4, -0.2) is 82.6 Å². The van der Waals surface area contributed by atoms with Gasteiger partial charge >= 0.3 is 5.97 Å². The second-order valence-corrected chi connectivity index (χ2v) is 11.8. The van der Waals surface area contributed by atoms with E-state index >= 15 is 0 Å². The van der Waals surface area contributed by atoms with E-state index in [9.17, 15) is 24.3 Å². The van der Waals surface area contributed by atoms with Crippen LogP contribution in [-0.2, 0) is 38.2 Å². The molecule has 41 heavy (non-hydrogen) atoms. The zero-order valence-electron chi connectivity index (χ0n) is 24.2. The van der Waals surface area contributed by atoms with E-state index in [1.54, 1.807) is 6.92 Å². The quantitative estimate of drug-likeness (QED) is 0.174. The molecule has 8 atom stereocenters. The molecular formula is C30H42N2O9. The molecule has 11 nitrogen and oxygen atoms in total. The molecule has 0 radical (unpaired) electrons. The molecule has 3 amide bonds. The number of nitrogens with one attached hydrogen (secondary N) is 1. The smallest absolute Gasteiger partial charge is 0.335 e. The molecule has 0 saturated carbocycles. The Morgan fingerprint density at radius 2 is 1.88 bits per heavy atom. The number of aliphatic hydroxyl groups is 1. The van der Waals surface area contributed by atoms with Crippen molar-refractivity contribution >= 4 is 23.7 Å². The number of allylic oxidation sites excluding steroid dienone is 2. The normalized spacial score (nSPS) is 35.0. The number of hydrogen-bond donors (Lipinski definition) is 2. The highest BCUT2D eigenvalue weighted by molar-refractivity contribution is 6.01. The van der Waals surface area contributed by atoms with Crippen molar-refractivity contribution in [3.8, 4) is 0 Å². The molecule has 1 spiro atoms. The number of carbonyl (C=O) groups excluding carboxylic acids is 4. The third-order valence-corrected chi connectivity index (χ3v) is 8.00. The van der Waals surface area contributed by atoms with Gasteiger partial charge < -0.3 is 29.5 Å². The molecule has 4 heterocycles. The van der Waals surface area contributed by atoms with Gasteiger partial charge in [0.25, 0.3) is 11.8 Å². The number of hydrogen-bond acceptors (Lipinski definition) is 9. The van der Waals surface area contributed by atoms with Crippen LogP contribution in [0.25, 0.3) is 0 Å². The van der Waals surface area contributed by atoms with E-state index in [-0.39, 0.29) is 61.0 Å². The SMILES string of the molecule is CC(/C=C/[C@@H]1C[C@@]2(CO2)C[C@@H](CC(=O)ON2C(=O)CCC2=O)O1)=C\C[C@@H]1O[C@H](C)[C@H](NC(=O)/C=C\[C@H](C)O)C[C@@H]1C. The van der Waals surface area contributed by atoms with E-state index in [4.69, 9.17) is 19.0 Å². The van der Waals surface area contributed by atoms with Gasteiger partial charge in [-0.05, 0) is 39.5 Å². The lowest BCUT2D eigenvalue weighted by Crippen LogP contribution is -2.50. The van der Waals surface area contributed by atoms with Gasteiger partial charge in [0.1, 0.15) is 0 Å². The summed E-state index contributed by atoms with van der Waals surface area (Å²) >= 11 is 0. The first kappa shape index (κ1) is 31.1. The molecule has 0 aromatic rings. The number of imide groups is 1. The highest BCUT2D eigenvalue weighted by Crippen LogP contribution is 2.43. The Morgan fingerprint density at radius 3 is 2.54 bits per heavy atom. The maximum absolute atomic E-state index is 12.4. The summed E-state index contributed by atoms with van der Waals surface area (Å²) in [4.78, 5) is 53.0. The summed E-state index contributed by atoms with van der Waals surface area (Å²) in [6, 6.07) is -0.0978. The Balaban J connectivity index is 1.25. The largest absolute Gasteiger partial charge is 0.389 e. The van der Waals surface area contributed by atoms with E-state index < -0.39 is 30.0 Å². The lowest BCUT2D eigenvalue weighted by atomic mass is 9.88. The van der Waals surface area contributed by atoms with Crippen LogP contribution in [0.2, 0.25) is 0 Å². The van der Waals surface area contributed by atoms with Crippen LogP contribution in [0.15, 0.2) is 36.0 Å². The molecule has 4 fully saturated rings. The van der Waals surface area contributed by atoms with Gasteiger partial charge in [-0.3, -0.25) is 14.4 Å². The van der Waals surface area contributed by atoms with E-state index in [1.165, 1.54) is 12.2 Å². The van der Waals surface area contributed by atoms with Crippen LogP contribution in [0.3, 0.4) is 0 Å². The second kappa shape index (κ2) is 13.4. The number of amides is 3. The number of carbonyl (C=O) groups is 4. The minimum atomic E-state index is -0.677. The first-order valence-electron chi connectivity index (χ1n) is 14.5. The fourth-order valence-electron chi connectivity index (χ4n) is 5.56. The molecule has 0 aromatic heterocycles. The van der Waals surface area contributed by atoms with Gasteiger partial charge in [0, 0.05) is 31.8 Å². The molecule has 0 bridgehead atoms. The van der Waals surface area contributed by atoms with E-state index in [1.807, 2.05) is 26.0 Å². The third kappa shape index (κ3) is 8.81. The van der Waals surface area contributed by atoms with Crippen molar-refractivity contribution in [3.63, 3.8) is 0 Å². The average molecular weight is 575 g/mol. The highest BCUT2D eigenvalue weighted by atomic mass is 16.7. The first-order valence-corrected chi connectivity index (χ1v) is 14.5. The number of aliphatic hydroxyl groups excluding tert-OH is 1. The number of epoxide rings is 1. The molecule has 4 aliphatic heterocycles. The summed E-state index contributed by atoms with van der Waals surface area (Å²) in [5.41, 5.74) is 0.739. The Hall–Kier alpha value is -2.86. The number of ether oxygens (including phenoxy) is 3. The molecule has 226 valence electrons. The van der Waals surface area contributed by atoms with Crippen molar-refractivity contribution in [2.24, 2.45) is 5.92 Å². The standard InChI is InChI=1S/C30H42N2O9/c1-18(6-9-25-19(2)13-24(21(4)39-25)31-26(34)10-7-20(3)33)5-8-22-15-30(17-38-30)16-23(40-22)14-29(37)41-32-27(35)11-12-28(32)36/h5-8,10,19-25,33H,9,11-17H2,1-4H3,(H,31,34)/b8-5+,10-7-,18-6+/t19-,20-,21+,22+,23+,24+,25-,30-/m0/s1. The van der Waals surface area contributed by atoms with E-state index in [0.717, 1.165) is 18.4 Å². The molecule has 2 N–H and O–H groups in total. The van der Waals surface area contributed by atoms with Crippen LogP contribution < -0.4 is 5.32 Å². The van der Waals surface area contributed by atoms with Gasteiger partial charge in [0.2, 0.25) is 5.91 Å². The molecule has 0 unspecified atom stereocenters. The summed E-state index contributed by atoms with van der Waals surface area (Å²) in [5.74, 6) is -1.69. The van der Waals surface area contributed by atoms with Crippen molar-refractivity contribution in [1.82, 2.24) is 10.4 Å². The van der Waals surface area contributed by atoms with Crippen molar-refractivity contribution in [2.45, 2.75) is 115 Å². The van der Waals surface area contributed by atoms with E-state index in [0.29, 0.717) is 24.5 Å². The zero-order valence-corrected chi connectivity index (χ0v) is 24.2. The van der Waals surface area contributed by atoms with Gasteiger partial charge in [0.15, 0.2) is 0 Å². The molecule has 4 saturated heterocycles. The Kier molecular flexibility index (Phi) is 10.2. The topological polar surface area (TPSA) is 144 Å². The van der Waals surface area contributed by atoms with Crippen LogP contribution in [0.4, 0.5) is 0 Å². The minimum absolute atomic E-state index is 0.0216. The van der Waals surface area contributed by atoms with Gasteiger partial charge in [-0.15, -0.1) is 5.06 Å². The maximum Gasteiger partial charge on any atom is 0.335 e. The summed E-state index contributed by atoms with van der Waals surface area (Å²) in [5, 5.41) is 12.9. The lowest BCUT2D eigenvalue weighted by Gasteiger charge is -2.39. The summed E-state index contributed by atoms with van der Waals surface area (Å²) in [7, 11) is 0. The molecule has 4 rings (SSSR count). The number of rotatable bonds is 10. The molecule has 11 heteroatoms. The van der Waals surface area contributed by atoms with Gasteiger partial charge in [-0.25, -0.2) is 4.79 Å². The zero-order chi connectivity index (χ0) is 29.7. The lowest BCUT2D eigenvalue weighted by molar-refractivity contribution is -0.200. The predicted octanol–water partition coefficient (Wildman–Crippen LogP) is 2.43. The van der Waals surface area contributed by atoms with Crippen LogP contribution in [0, 0.1) is 5.92 Å². The first-order chi connectivity index (χ1) is 19.4. The second-order valence-electron chi connectivity index (χ2n) is 11.8. The molecule has 4 aliphatic rings. The summed E-state index contributed by atoms with van der Waals surface area (Å²) < 4.78 is 18.1. The van der Waals surface area contributed by atoms with Crippen LogP contribution in [0.1, 0.15) is 72.6 Å². The van der Waals surface area contributed by atoms with Crippen molar-refractivity contribution in [1.29, 1.82) is 0 Å². The molecular weight excluding hydrogens is 532 g/mol. The maximum atomic E-state index is 12.4.